The van der Waals surface area contributed by atoms with E-state index in [1.165, 1.54) is 0 Å². The van der Waals surface area contributed by atoms with Gasteiger partial charge in [0.25, 0.3) is 0 Å². The van der Waals surface area contributed by atoms with Gasteiger partial charge >= 0.3 is 6.03 Å². The maximum atomic E-state index is 12.0. The lowest BCUT2D eigenvalue weighted by Crippen LogP contribution is -2.35. The van der Waals surface area contributed by atoms with Crippen LogP contribution in [-0.2, 0) is 0 Å². The molecule has 1 saturated heterocycles. The Hall–Kier alpha value is -2.06. The van der Waals surface area contributed by atoms with E-state index in [1.807, 2.05) is 6.07 Å². The Morgan fingerprint density at radius 3 is 2.94 bits per heavy atom. The summed E-state index contributed by atoms with van der Waals surface area (Å²) < 4.78 is 0. The Labute approximate surface area is 100 Å². The number of rotatable bonds is 2. The van der Waals surface area contributed by atoms with Crippen LogP contribution in [-0.4, -0.2) is 37.1 Å². The van der Waals surface area contributed by atoms with Crippen molar-refractivity contribution >= 4 is 11.7 Å². The quantitative estimate of drug-likeness (QED) is 0.815. The van der Waals surface area contributed by atoms with E-state index >= 15 is 0 Å². The molecule has 1 fully saturated rings. The lowest BCUT2D eigenvalue weighted by molar-refractivity contribution is 0.219. The molecule has 88 valence electrons. The van der Waals surface area contributed by atoms with E-state index in [1.54, 1.807) is 35.0 Å². The molecular weight excluding hydrogens is 216 g/mol. The van der Waals surface area contributed by atoms with Crippen molar-refractivity contribution in [3.63, 3.8) is 0 Å². The minimum Gasteiger partial charge on any atom is -0.328 e. The highest BCUT2D eigenvalue weighted by atomic mass is 16.2. The molecule has 1 aromatic rings. The second-order valence-electron chi connectivity index (χ2n) is 4.06. The van der Waals surface area contributed by atoms with E-state index in [-0.39, 0.29) is 12.1 Å². The van der Waals surface area contributed by atoms with Gasteiger partial charge in [0.2, 0.25) is 0 Å². The fourth-order valence-electron chi connectivity index (χ4n) is 1.95. The van der Waals surface area contributed by atoms with Gasteiger partial charge in [-0.05, 0) is 18.2 Å². The number of benzene rings is 1. The molecule has 1 aromatic carbocycles. The molecule has 2 amide bonds. The van der Waals surface area contributed by atoms with Crippen LogP contribution < -0.4 is 10.6 Å². The first-order valence-corrected chi connectivity index (χ1v) is 5.42. The molecule has 0 aromatic heterocycles. The van der Waals surface area contributed by atoms with Gasteiger partial charge in [-0.25, -0.2) is 4.79 Å². The van der Waals surface area contributed by atoms with Crippen LogP contribution in [0.25, 0.3) is 0 Å². The SMILES string of the molecule is CN1C(=O)N(c2cccc(C#N)c2)CC1CN. The van der Waals surface area contributed by atoms with Crippen molar-refractivity contribution in [2.24, 2.45) is 5.73 Å². The first kappa shape index (κ1) is 11.4. The second-order valence-corrected chi connectivity index (χ2v) is 4.06. The summed E-state index contributed by atoms with van der Waals surface area (Å²) in [5.74, 6) is 0. The lowest BCUT2D eigenvalue weighted by Gasteiger charge is -2.16. The van der Waals surface area contributed by atoms with Gasteiger partial charge in [-0.15, -0.1) is 0 Å². The van der Waals surface area contributed by atoms with Crippen LogP contribution in [0.4, 0.5) is 10.5 Å². The molecule has 0 radical (unpaired) electrons. The van der Waals surface area contributed by atoms with Gasteiger partial charge in [-0.2, -0.15) is 5.26 Å². The molecule has 17 heavy (non-hydrogen) atoms. The number of nitrogens with two attached hydrogens (primary N) is 1. The summed E-state index contributed by atoms with van der Waals surface area (Å²) in [7, 11) is 1.74. The van der Waals surface area contributed by atoms with E-state index in [0.29, 0.717) is 18.7 Å². The van der Waals surface area contributed by atoms with Crippen molar-refractivity contribution in [2.45, 2.75) is 6.04 Å². The molecule has 0 bridgehead atoms. The number of nitrogens with zero attached hydrogens (tertiary/aromatic N) is 3. The van der Waals surface area contributed by atoms with Gasteiger partial charge in [0.1, 0.15) is 0 Å². The Balaban J connectivity index is 2.29. The molecule has 1 unspecified atom stereocenters. The molecular formula is C12H14N4O. The van der Waals surface area contributed by atoms with E-state index in [9.17, 15) is 4.79 Å². The molecule has 5 nitrogen and oxygen atoms in total. The zero-order valence-electron chi connectivity index (χ0n) is 9.63. The number of urea groups is 1. The Morgan fingerprint density at radius 1 is 1.59 bits per heavy atom. The van der Waals surface area contributed by atoms with Crippen LogP contribution in [0.2, 0.25) is 0 Å². The van der Waals surface area contributed by atoms with Gasteiger partial charge in [0, 0.05) is 25.8 Å². The highest BCUT2D eigenvalue weighted by molar-refractivity contribution is 5.94. The minimum absolute atomic E-state index is 0.0354. The lowest BCUT2D eigenvalue weighted by atomic mass is 10.2. The van der Waals surface area contributed by atoms with Crippen molar-refractivity contribution in [3.8, 4) is 6.07 Å². The van der Waals surface area contributed by atoms with Crippen LogP contribution >= 0.6 is 0 Å². The Bertz CT molecular complexity index is 480. The monoisotopic (exact) mass is 230 g/mol. The van der Waals surface area contributed by atoms with Gasteiger partial charge < -0.3 is 10.6 Å². The third kappa shape index (κ3) is 1.95. The van der Waals surface area contributed by atoms with Crippen molar-refractivity contribution in [1.29, 1.82) is 5.26 Å². The normalized spacial score (nSPS) is 19.6. The summed E-state index contributed by atoms with van der Waals surface area (Å²) in [5.41, 5.74) is 6.91. The molecule has 0 aliphatic carbocycles. The minimum atomic E-state index is -0.0736. The number of amides is 2. The molecule has 1 heterocycles. The first-order valence-electron chi connectivity index (χ1n) is 5.42. The average molecular weight is 230 g/mol. The Kier molecular flexibility index (Phi) is 2.98. The molecule has 0 spiro atoms. The number of likely N-dealkylation sites (N-methyl/N-ethyl adjacent to an activating group) is 1. The fourth-order valence-corrected chi connectivity index (χ4v) is 1.95. The van der Waals surface area contributed by atoms with Gasteiger partial charge in [-0.3, -0.25) is 4.90 Å². The van der Waals surface area contributed by atoms with Crippen molar-refractivity contribution < 1.29 is 4.79 Å². The van der Waals surface area contributed by atoms with Gasteiger partial charge in [0.05, 0.1) is 17.7 Å². The molecule has 0 saturated carbocycles. The van der Waals surface area contributed by atoms with Crippen molar-refractivity contribution in [1.82, 2.24) is 4.90 Å². The highest BCUT2D eigenvalue weighted by Gasteiger charge is 2.34. The fraction of sp³-hybridized carbons (Fsp3) is 0.333. The van der Waals surface area contributed by atoms with Crippen molar-refractivity contribution in [3.05, 3.63) is 29.8 Å². The van der Waals surface area contributed by atoms with Crippen LogP contribution in [0.3, 0.4) is 0 Å². The Morgan fingerprint density at radius 2 is 2.35 bits per heavy atom. The third-order valence-electron chi connectivity index (χ3n) is 3.03. The molecule has 2 N–H and O–H groups in total. The van der Waals surface area contributed by atoms with Crippen LogP contribution in [0.15, 0.2) is 24.3 Å². The van der Waals surface area contributed by atoms with E-state index in [0.717, 1.165) is 5.69 Å². The number of carbonyl (C=O) groups excluding carboxylic acids is 1. The number of hydrogen-bond acceptors (Lipinski definition) is 3. The summed E-state index contributed by atoms with van der Waals surface area (Å²) in [5, 5.41) is 8.84. The molecule has 2 rings (SSSR count). The number of hydrogen-bond donors (Lipinski definition) is 1. The maximum Gasteiger partial charge on any atom is 0.324 e. The topological polar surface area (TPSA) is 73.4 Å². The molecule has 1 atom stereocenters. The van der Waals surface area contributed by atoms with E-state index < -0.39 is 0 Å². The van der Waals surface area contributed by atoms with Crippen LogP contribution in [0.1, 0.15) is 5.56 Å². The number of nitriles is 1. The van der Waals surface area contributed by atoms with Crippen LogP contribution in [0.5, 0.6) is 0 Å². The maximum absolute atomic E-state index is 12.0. The van der Waals surface area contributed by atoms with Gasteiger partial charge in [0.15, 0.2) is 0 Å². The zero-order valence-corrected chi connectivity index (χ0v) is 9.63. The summed E-state index contributed by atoms with van der Waals surface area (Å²) in [6.07, 6.45) is 0. The smallest absolute Gasteiger partial charge is 0.324 e. The predicted molar refractivity (Wildman–Crippen MR) is 64.5 cm³/mol. The van der Waals surface area contributed by atoms with E-state index in [4.69, 9.17) is 11.0 Å². The zero-order chi connectivity index (χ0) is 12.4. The summed E-state index contributed by atoms with van der Waals surface area (Å²) in [6, 6.07) is 9.06. The summed E-state index contributed by atoms with van der Waals surface area (Å²) >= 11 is 0. The highest BCUT2D eigenvalue weighted by Crippen LogP contribution is 2.23. The summed E-state index contributed by atoms with van der Waals surface area (Å²) in [6.45, 7) is 1.01. The molecule has 5 heteroatoms. The van der Waals surface area contributed by atoms with Crippen LogP contribution in [0, 0.1) is 11.3 Å². The first-order chi connectivity index (χ1) is 8.17. The average Bonchev–Trinajstić information content (AvgIpc) is 2.66. The number of carbonyl (C=O) groups is 1. The molecule has 1 aliphatic rings. The second kappa shape index (κ2) is 4.44. The van der Waals surface area contributed by atoms with Gasteiger partial charge in [-0.1, -0.05) is 6.07 Å². The third-order valence-corrected chi connectivity index (χ3v) is 3.03. The standard InChI is InChI=1S/C12H14N4O/c1-15-11(7-14)8-16(12(15)17)10-4-2-3-9(5-10)6-13/h2-5,11H,7-8,14H2,1H3. The van der Waals surface area contributed by atoms with Crippen molar-refractivity contribution in [2.75, 3.05) is 25.0 Å². The number of anilines is 1. The predicted octanol–water partition coefficient (Wildman–Crippen LogP) is 0.757. The van der Waals surface area contributed by atoms with E-state index in [2.05, 4.69) is 6.07 Å². The summed E-state index contributed by atoms with van der Waals surface area (Å²) in [4.78, 5) is 15.3. The molecule has 1 aliphatic heterocycles. The largest absolute Gasteiger partial charge is 0.328 e.